The van der Waals surface area contributed by atoms with Gasteiger partial charge >= 0.3 is 0 Å². The van der Waals surface area contributed by atoms with Crippen LogP contribution in [0.5, 0.6) is 0 Å². The molecule has 2 heterocycles. The van der Waals surface area contributed by atoms with Gasteiger partial charge < -0.3 is 5.32 Å². The van der Waals surface area contributed by atoms with E-state index in [-0.39, 0.29) is 23.8 Å². The van der Waals surface area contributed by atoms with Gasteiger partial charge in [0, 0.05) is 28.6 Å². The fourth-order valence-corrected chi connectivity index (χ4v) is 4.51. The average Bonchev–Trinajstić information content (AvgIpc) is 3.07. The molecule has 0 atom stereocenters. The molecule has 0 saturated carbocycles. The second-order valence-electron chi connectivity index (χ2n) is 7.44. The maximum atomic E-state index is 13.3. The van der Waals surface area contributed by atoms with Crippen LogP contribution < -0.4 is 10.9 Å². The highest BCUT2D eigenvalue weighted by Crippen LogP contribution is 2.35. The van der Waals surface area contributed by atoms with E-state index in [9.17, 15) is 14.4 Å². The van der Waals surface area contributed by atoms with Crippen LogP contribution in [0.25, 0.3) is 21.3 Å². The average molecular weight is 432 g/mol. The fourth-order valence-electron chi connectivity index (χ4n) is 3.51. The SMILES string of the molecule is CC(=O)Nc1ccc(C(=O)Cn2cnc3sc(C)c(-c4ccc(C)cc4)c3c2=O)cc1. The highest BCUT2D eigenvalue weighted by molar-refractivity contribution is 7.19. The van der Waals surface area contributed by atoms with Crippen LogP contribution in [0, 0.1) is 13.8 Å². The number of aromatic nitrogens is 2. The zero-order valence-electron chi connectivity index (χ0n) is 17.4. The number of nitrogens with zero attached hydrogens (tertiary/aromatic N) is 2. The molecule has 2 aromatic heterocycles. The molecule has 0 unspecified atom stereocenters. The predicted octanol–water partition coefficient (Wildman–Crippen LogP) is 4.58. The molecule has 156 valence electrons. The van der Waals surface area contributed by atoms with E-state index in [1.807, 2.05) is 38.1 Å². The van der Waals surface area contributed by atoms with Crippen molar-refractivity contribution in [2.45, 2.75) is 27.3 Å². The summed E-state index contributed by atoms with van der Waals surface area (Å²) in [4.78, 5) is 43.3. The van der Waals surface area contributed by atoms with E-state index in [0.717, 1.165) is 21.6 Å². The summed E-state index contributed by atoms with van der Waals surface area (Å²) < 4.78 is 1.36. The molecule has 31 heavy (non-hydrogen) atoms. The number of Topliss-reactive ketones (excluding diaryl/α,β-unsaturated/α-hetero) is 1. The molecule has 4 rings (SSSR count). The first kappa shape index (κ1) is 20.7. The van der Waals surface area contributed by atoms with Crippen molar-refractivity contribution in [3.63, 3.8) is 0 Å². The van der Waals surface area contributed by atoms with Gasteiger partial charge in [0.25, 0.3) is 5.56 Å². The van der Waals surface area contributed by atoms with E-state index in [2.05, 4.69) is 10.3 Å². The summed E-state index contributed by atoms with van der Waals surface area (Å²) in [5.74, 6) is -0.387. The topological polar surface area (TPSA) is 81.1 Å². The lowest BCUT2D eigenvalue weighted by Crippen LogP contribution is -2.24. The number of hydrogen-bond donors (Lipinski definition) is 1. The first-order valence-corrected chi connectivity index (χ1v) is 10.6. The Morgan fingerprint density at radius 2 is 1.71 bits per heavy atom. The lowest BCUT2D eigenvalue weighted by atomic mass is 10.0. The minimum absolute atomic E-state index is 0.108. The summed E-state index contributed by atoms with van der Waals surface area (Å²) >= 11 is 1.48. The van der Waals surface area contributed by atoms with Gasteiger partial charge in [-0.05, 0) is 43.7 Å². The van der Waals surface area contributed by atoms with Gasteiger partial charge in [0.05, 0.1) is 18.3 Å². The van der Waals surface area contributed by atoms with Gasteiger partial charge in [0.15, 0.2) is 5.78 Å². The zero-order valence-corrected chi connectivity index (χ0v) is 18.2. The molecular formula is C24H21N3O3S. The Hall–Kier alpha value is -3.58. The van der Waals surface area contributed by atoms with E-state index in [1.54, 1.807) is 24.3 Å². The molecule has 0 radical (unpaired) electrons. The van der Waals surface area contributed by atoms with Gasteiger partial charge in [-0.2, -0.15) is 0 Å². The maximum Gasteiger partial charge on any atom is 0.263 e. The Morgan fingerprint density at radius 3 is 2.35 bits per heavy atom. The monoisotopic (exact) mass is 431 g/mol. The summed E-state index contributed by atoms with van der Waals surface area (Å²) in [5.41, 5.74) is 3.83. The van der Waals surface area contributed by atoms with Crippen LogP contribution in [0.4, 0.5) is 5.69 Å². The second kappa shape index (κ2) is 8.28. The number of nitrogens with one attached hydrogen (secondary N) is 1. The smallest absolute Gasteiger partial charge is 0.263 e. The first-order valence-electron chi connectivity index (χ1n) is 9.80. The second-order valence-corrected chi connectivity index (χ2v) is 8.64. The normalized spacial score (nSPS) is 10.9. The van der Waals surface area contributed by atoms with Gasteiger partial charge in [0.2, 0.25) is 5.91 Å². The molecule has 0 aliphatic carbocycles. The van der Waals surface area contributed by atoms with Crippen molar-refractivity contribution < 1.29 is 9.59 Å². The quantitative estimate of drug-likeness (QED) is 0.469. The van der Waals surface area contributed by atoms with Crippen LogP contribution >= 0.6 is 11.3 Å². The highest BCUT2D eigenvalue weighted by Gasteiger charge is 2.18. The van der Waals surface area contributed by atoms with Crippen molar-refractivity contribution in [1.82, 2.24) is 9.55 Å². The Balaban J connectivity index is 1.69. The standard InChI is InChI=1S/C24H21N3O3S/c1-14-4-6-18(7-5-14)21-15(2)31-23-22(21)24(30)27(13-25-23)12-20(29)17-8-10-19(11-9-17)26-16(3)28/h4-11,13H,12H2,1-3H3,(H,26,28). The number of carbonyl (C=O) groups excluding carboxylic acids is 2. The third kappa shape index (κ3) is 4.18. The van der Waals surface area contributed by atoms with E-state index in [4.69, 9.17) is 0 Å². The summed E-state index contributed by atoms with van der Waals surface area (Å²) in [5, 5.41) is 3.21. The van der Waals surface area contributed by atoms with E-state index in [0.29, 0.717) is 21.5 Å². The van der Waals surface area contributed by atoms with E-state index < -0.39 is 0 Å². The molecule has 4 aromatic rings. The number of hydrogen-bond acceptors (Lipinski definition) is 5. The van der Waals surface area contributed by atoms with Gasteiger partial charge in [-0.1, -0.05) is 29.8 Å². The number of benzene rings is 2. The molecule has 2 aromatic carbocycles. The van der Waals surface area contributed by atoms with Crippen molar-refractivity contribution in [2.24, 2.45) is 0 Å². The minimum atomic E-state index is -0.229. The highest BCUT2D eigenvalue weighted by atomic mass is 32.1. The Bertz CT molecular complexity index is 1350. The number of fused-ring (bicyclic) bond motifs is 1. The maximum absolute atomic E-state index is 13.3. The summed E-state index contributed by atoms with van der Waals surface area (Å²) in [6.45, 7) is 5.31. The van der Waals surface area contributed by atoms with Crippen LogP contribution in [0.1, 0.15) is 27.7 Å². The number of rotatable bonds is 5. The summed E-state index contributed by atoms with van der Waals surface area (Å²) in [7, 11) is 0. The number of aryl methyl sites for hydroxylation is 2. The molecule has 0 bridgehead atoms. The molecule has 7 heteroatoms. The number of anilines is 1. The van der Waals surface area contributed by atoms with Crippen molar-refractivity contribution in [3.8, 4) is 11.1 Å². The Kier molecular flexibility index (Phi) is 5.52. The molecule has 0 saturated heterocycles. The van der Waals surface area contributed by atoms with Crippen LogP contribution in [0.2, 0.25) is 0 Å². The molecule has 0 fully saturated rings. The fraction of sp³-hybridized carbons (Fsp3) is 0.167. The lowest BCUT2D eigenvalue weighted by Gasteiger charge is -2.07. The van der Waals surface area contributed by atoms with Gasteiger partial charge in [-0.3, -0.25) is 19.0 Å². The Labute approximate surface area is 183 Å². The van der Waals surface area contributed by atoms with E-state index >= 15 is 0 Å². The largest absolute Gasteiger partial charge is 0.326 e. The van der Waals surface area contributed by atoms with Crippen LogP contribution in [0.15, 0.2) is 59.7 Å². The van der Waals surface area contributed by atoms with Gasteiger partial charge in [-0.25, -0.2) is 4.98 Å². The van der Waals surface area contributed by atoms with Gasteiger partial charge in [0.1, 0.15) is 4.83 Å². The third-order valence-corrected chi connectivity index (χ3v) is 6.05. The van der Waals surface area contributed by atoms with Crippen molar-refractivity contribution >= 4 is 38.9 Å². The van der Waals surface area contributed by atoms with Crippen LogP contribution in [-0.4, -0.2) is 21.2 Å². The molecule has 0 aliphatic rings. The summed E-state index contributed by atoms with van der Waals surface area (Å²) in [6, 6.07) is 14.6. The summed E-state index contributed by atoms with van der Waals surface area (Å²) in [6.07, 6.45) is 1.43. The van der Waals surface area contributed by atoms with Crippen LogP contribution in [0.3, 0.4) is 0 Å². The number of amides is 1. The van der Waals surface area contributed by atoms with Crippen molar-refractivity contribution in [2.75, 3.05) is 5.32 Å². The van der Waals surface area contributed by atoms with Crippen LogP contribution in [-0.2, 0) is 11.3 Å². The van der Waals surface area contributed by atoms with Crippen molar-refractivity contribution in [1.29, 1.82) is 0 Å². The van der Waals surface area contributed by atoms with E-state index in [1.165, 1.54) is 29.2 Å². The molecule has 1 amide bonds. The predicted molar refractivity (Wildman–Crippen MR) is 124 cm³/mol. The molecule has 6 nitrogen and oxygen atoms in total. The first-order chi connectivity index (χ1) is 14.8. The molecule has 0 spiro atoms. The minimum Gasteiger partial charge on any atom is -0.326 e. The molecular weight excluding hydrogens is 410 g/mol. The zero-order chi connectivity index (χ0) is 22.1. The van der Waals surface area contributed by atoms with Gasteiger partial charge in [-0.15, -0.1) is 11.3 Å². The third-order valence-electron chi connectivity index (χ3n) is 5.04. The number of thiophene rings is 1. The van der Waals surface area contributed by atoms with Crippen molar-refractivity contribution in [3.05, 3.63) is 81.2 Å². The molecule has 0 aliphatic heterocycles. The number of ketones is 1. The Morgan fingerprint density at radius 1 is 1.03 bits per heavy atom. The lowest BCUT2D eigenvalue weighted by molar-refractivity contribution is -0.114. The molecule has 1 N–H and O–H groups in total. The number of carbonyl (C=O) groups is 2.